The molecule has 0 unspecified atom stereocenters. The summed E-state index contributed by atoms with van der Waals surface area (Å²) in [6, 6.07) is 12.1. The van der Waals surface area contributed by atoms with Gasteiger partial charge >= 0.3 is 0 Å². The molecule has 5 heteroatoms. The van der Waals surface area contributed by atoms with Crippen molar-refractivity contribution < 1.29 is 13.2 Å². The van der Waals surface area contributed by atoms with Crippen LogP contribution >= 0.6 is 0 Å². The zero-order valence-electron chi connectivity index (χ0n) is 14.5. The molecule has 2 aromatic rings. The molecule has 2 aromatic carbocycles. The predicted octanol–water partition coefficient (Wildman–Crippen LogP) is 3.59. The minimum Gasteiger partial charge on any atom is -0.345 e. The molecule has 0 aliphatic rings. The van der Waals surface area contributed by atoms with E-state index in [1.54, 1.807) is 24.3 Å². The van der Waals surface area contributed by atoms with Crippen molar-refractivity contribution in [3.8, 4) is 0 Å². The maximum Gasteiger partial charge on any atom is 0.251 e. The van der Waals surface area contributed by atoms with Crippen LogP contribution in [0.5, 0.6) is 0 Å². The van der Waals surface area contributed by atoms with Gasteiger partial charge in [0.15, 0.2) is 9.84 Å². The van der Waals surface area contributed by atoms with E-state index in [1.165, 1.54) is 6.26 Å². The normalized spacial score (nSPS) is 12.7. The molecular formula is C19H23NO3S. The van der Waals surface area contributed by atoms with Crippen molar-refractivity contribution in [1.29, 1.82) is 0 Å². The summed E-state index contributed by atoms with van der Waals surface area (Å²) in [4.78, 5) is 12.7. The Morgan fingerprint density at radius 1 is 1.04 bits per heavy atom. The fraction of sp³-hybridized carbons (Fsp3) is 0.316. The summed E-state index contributed by atoms with van der Waals surface area (Å²) < 4.78 is 23.1. The van der Waals surface area contributed by atoms with E-state index in [4.69, 9.17) is 0 Å². The first-order chi connectivity index (χ1) is 11.2. The lowest BCUT2D eigenvalue weighted by atomic mass is 10.0. The second-order valence-corrected chi connectivity index (χ2v) is 8.09. The third kappa shape index (κ3) is 4.23. The molecule has 0 aliphatic heterocycles. The van der Waals surface area contributed by atoms with Gasteiger partial charge in [0.25, 0.3) is 5.91 Å². The molecular weight excluding hydrogens is 322 g/mol. The first kappa shape index (κ1) is 18.2. The molecule has 0 bridgehead atoms. The van der Waals surface area contributed by atoms with Crippen molar-refractivity contribution in [1.82, 2.24) is 5.32 Å². The third-order valence-electron chi connectivity index (χ3n) is 4.19. The van der Waals surface area contributed by atoms with Crippen LogP contribution < -0.4 is 5.32 Å². The first-order valence-electron chi connectivity index (χ1n) is 7.90. The molecule has 0 aliphatic carbocycles. The smallest absolute Gasteiger partial charge is 0.251 e. The quantitative estimate of drug-likeness (QED) is 0.901. The predicted molar refractivity (Wildman–Crippen MR) is 96.0 cm³/mol. The summed E-state index contributed by atoms with van der Waals surface area (Å²) >= 11 is 0. The molecule has 1 atom stereocenters. The number of carbonyl (C=O) groups is 1. The number of aryl methyl sites for hydroxylation is 2. The second kappa shape index (κ2) is 7.18. The highest BCUT2D eigenvalue weighted by molar-refractivity contribution is 7.90. The van der Waals surface area contributed by atoms with Crippen molar-refractivity contribution in [2.24, 2.45) is 0 Å². The molecule has 0 aromatic heterocycles. The molecule has 128 valence electrons. The zero-order chi connectivity index (χ0) is 17.9. The molecule has 0 radical (unpaired) electrons. The van der Waals surface area contributed by atoms with E-state index >= 15 is 0 Å². The molecule has 2 rings (SSSR count). The minimum atomic E-state index is -3.21. The van der Waals surface area contributed by atoms with E-state index in [0.29, 0.717) is 5.56 Å². The number of amides is 1. The standard InChI is InChI=1S/C19H23NO3S/c1-5-18(15-8-10-17(11-9-15)24(4,22)23)20-19(21)16-7-6-13(2)14(3)12-16/h6-12,18H,5H2,1-4H3,(H,20,21)/t18-/m0/s1. The lowest BCUT2D eigenvalue weighted by Crippen LogP contribution is -2.28. The van der Waals surface area contributed by atoms with E-state index < -0.39 is 9.84 Å². The van der Waals surface area contributed by atoms with Crippen LogP contribution in [0, 0.1) is 13.8 Å². The number of hydrogen-bond acceptors (Lipinski definition) is 3. The van der Waals surface area contributed by atoms with Crippen LogP contribution in [-0.2, 0) is 9.84 Å². The third-order valence-corrected chi connectivity index (χ3v) is 5.32. The topological polar surface area (TPSA) is 63.2 Å². The summed E-state index contributed by atoms with van der Waals surface area (Å²) in [5, 5.41) is 3.02. The average molecular weight is 345 g/mol. The van der Waals surface area contributed by atoms with E-state index in [0.717, 1.165) is 23.1 Å². The highest BCUT2D eigenvalue weighted by Gasteiger charge is 2.15. The molecule has 4 nitrogen and oxygen atoms in total. The van der Waals surface area contributed by atoms with Crippen molar-refractivity contribution >= 4 is 15.7 Å². The van der Waals surface area contributed by atoms with Crippen LogP contribution in [0.15, 0.2) is 47.4 Å². The highest BCUT2D eigenvalue weighted by Crippen LogP contribution is 2.20. The van der Waals surface area contributed by atoms with Gasteiger partial charge in [0.2, 0.25) is 0 Å². The molecule has 0 fully saturated rings. The maximum atomic E-state index is 12.5. The van der Waals surface area contributed by atoms with Gasteiger partial charge in [-0.2, -0.15) is 0 Å². The van der Waals surface area contributed by atoms with Crippen molar-refractivity contribution in [3.05, 3.63) is 64.7 Å². The molecule has 0 spiro atoms. The van der Waals surface area contributed by atoms with Crippen molar-refractivity contribution in [3.63, 3.8) is 0 Å². The summed E-state index contributed by atoms with van der Waals surface area (Å²) in [7, 11) is -3.21. The Kier molecular flexibility index (Phi) is 5.44. The van der Waals surface area contributed by atoms with Crippen LogP contribution in [-0.4, -0.2) is 20.6 Å². The van der Waals surface area contributed by atoms with Crippen molar-refractivity contribution in [2.45, 2.75) is 38.1 Å². The summed E-state index contributed by atoms with van der Waals surface area (Å²) in [5.41, 5.74) is 3.74. The van der Waals surface area contributed by atoms with Gasteiger partial charge < -0.3 is 5.32 Å². The van der Waals surface area contributed by atoms with Crippen LogP contribution in [0.25, 0.3) is 0 Å². The Morgan fingerprint density at radius 3 is 2.17 bits per heavy atom. The molecule has 1 amide bonds. The lowest BCUT2D eigenvalue weighted by Gasteiger charge is -2.18. The SMILES string of the molecule is CC[C@H](NC(=O)c1ccc(C)c(C)c1)c1ccc(S(C)(=O)=O)cc1. The molecule has 0 heterocycles. The van der Waals surface area contributed by atoms with Gasteiger partial charge in [-0.25, -0.2) is 8.42 Å². The first-order valence-corrected chi connectivity index (χ1v) is 9.79. The fourth-order valence-electron chi connectivity index (χ4n) is 2.49. The fourth-order valence-corrected chi connectivity index (χ4v) is 3.12. The maximum absolute atomic E-state index is 12.5. The Morgan fingerprint density at radius 2 is 1.67 bits per heavy atom. The molecule has 24 heavy (non-hydrogen) atoms. The van der Waals surface area contributed by atoms with E-state index in [1.807, 2.05) is 39.0 Å². The molecule has 1 N–H and O–H groups in total. The average Bonchev–Trinajstić information content (AvgIpc) is 2.54. The minimum absolute atomic E-state index is 0.128. The van der Waals surface area contributed by atoms with Gasteiger partial charge in [0.1, 0.15) is 0 Å². The highest BCUT2D eigenvalue weighted by atomic mass is 32.2. The Labute approximate surface area is 143 Å². The monoisotopic (exact) mass is 345 g/mol. The number of rotatable bonds is 5. The lowest BCUT2D eigenvalue weighted by molar-refractivity contribution is 0.0935. The number of sulfone groups is 1. The summed E-state index contributed by atoms with van der Waals surface area (Å²) in [6.45, 7) is 5.97. The van der Waals surface area contributed by atoms with Crippen LogP contribution in [0.2, 0.25) is 0 Å². The van der Waals surface area contributed by atoms with E-state index in [-0.39, 0.29) is 16.8 Å². The number of hydrogen-bond donors (Lipinski definition) is 1. The van der Waals surface area contributed by atoms with Gasteiger partial charge in [-0.1, -0.05) is 25.1 Å². The van der Waals surface area contributed by atoms with Gasteiger partial charge in [-0.3, -0.25) is 4.79 Å². The largest absolute Gasteiger partial charge is 0.345 e. The number of benzene rings is 2. The Balaban J connectivity index is 2.19. The summed E-state index contributed by atoms with van der Waals surface area (Å²) in [5.74, 6) is -0.128. The van der Waals surface area contributed by atoms with Gasteiger partial charge in [0.05, 0.1) is 10.9 Å². The van der Waals surface area contributed by atoms with Gasteiger partial charge in [0, 0.05) is 11.8 Å². The zero-order valence-corrected chi connectivity index (χ0v) is 15.3. The van der Waals surface area contributed by atoms with Crippen molar-refractivity contribution in [2.75, 3.05) is 6.26 Å². The van der Waals surface area contributed by atoms with Crippen LogP contribution in [0.3, 0.4) is 0 Å². The number of carbonyl (C=O) groups excluding carboxylic acids is 1. The van der Waals surface area contributed by atoms with Crippen LogP contribution in [0.4, 0.5) is 0 Å². The van der Waals surface area contributed by atoms with E-state index in [2.05, 4.69) is 5.32 Å². The van der Waals surface area contributed by atoms with E-state index in [9.17, 15) is 13.2 Å². The second-order valence-electron chi connectivity index (χ2n) is 6.07. The summed E-state index contributed by atoms with van der Waals surface area (Å²) in [6.07, 6.45) is 1.90. The Hall–Kier alpha value is -2.14. The molecule has 0 saturated heterocycles. The van der Waals surface area contributed by atoms with Crippen LogP contribution in [0.1, 0.15) is 46.4 Å². The Bertz CT molecular complexity index is 839. The molecule has 0 saturated carbocycles. The number of nitrogens with one attached hydrogen (secondary N) is 1. The van der Waals surface area contributed by atoms with Gasteiger partial charge in [-0.15, -0.1) is 0 Å². The van der Waals surface area contributed by atoms with Gasteiger partial charge in [-0.05, 0) is 61.2 Å².